The second kappa shape index (κ2) is 5.89. The highest BCUT2D eigenvalue weighted by Crippen LogP contribution is 2.37. The first kappa shape index (κ1) is 14.0. The molecule has 22 heavy (non-hydrogen) atoms. The topological polar surface area (TPSA) is 34.6 Å². The lowest BCUT2D eigenvalue weighted by atomic mass is 10.00. The highest BCUT2D eigenvalue weighted by Gasteiger charge is 2.27. The number of hydrogen-bond donors (Lipinski definition) is 0. The number of aromatic nitrogens is 1. The Hall–Kier alpha value is -1.59. The van der Waals surface area contributed by atoms with Crippen LogP contribution in [0.5, 0.6) is 11.5 Å². The van der Waals surface area contributed by atoms with Gasteiger partial charge in [0, 0.05) is 18.1 Å². The molecule has 0 unspecified atom stereocenters. The first-order valence-corrected chi connectivity index (χ1v) is 8.72. The third-order valence-corrected chi connectivity index (χ3v) is 5.43. The number of hydrogen-bond acceptors (Lipinski definition) is 5. The molecule has 116 valence electrons. The third kappa shape index (κ3) is 2.59. The van der Waals surface area contributed by atoms with Gasteiger partial charge < -0.3 is 9.47 Å². The van der Waals surface area contributed by atoms with E-state index in [0.717, 1.165) is 24.6 Å². The molecule has 0 bridgehead atoms. The van der Waals surface area contributed by atoms with Crippen LogP contribution in [-0.2, 0) is 6.54 Å². The van der Waals surface area contributed by atoms with E-state index in [-0.39, 0.29) is 0 Å². The molecule has 1 fully saturated rings. The van der Waals surface area contributed by atoms with Crippen molar-refractivity contribution in [2.45, 2.75) is 38.8 Å². The third-order valence-electron chi connectivity index (χ3n) is 4.55. The summed E-state index contributed by atoms with van der Waals surface area (Å²) in [6.45, 7) is 4.58. The molecule has 5 heteroatoms. The van der Waals surface area contributed by atoms with Crippen molar-refractivity contribution in [3.05, 3.63) is 39.8 Å². The van der Waals surface area contributed by atoms with Gasteiger partial charge in [0.2, 0.25) is 6.79 Å². The largest absolute Gasteiger partial charge is 0.454 e. The lowest BCUT2D eigenvalue weighted by Crippen LogP contribution is -2.33. The van der Waals surface area contributed by atoms with Crippen molar-refractivity contribution in [2.75, 3.05) is 13.3 Å². The molecule has 1 aromatic carbocycles. The number of aryl methyl sites for hydroxylation is 1. The molecule has 2 aliphatic heterocycles. The van der Waals surface area contributed by atoms with E-state index < -0.39 is 0 Å². The van der Waals surface area contributed by atoms with E-state index in [1.54, 1.807) is 11.3 Å². The van der Waals surface area contributed by atoms with Crippen LogP contribution in [0.1, 0.15) is 41.4 Å². The summed E-state index contributed by atoms with van der Waals surface area (Å²) in [6.07, 6.45) is 5.68. The van der Waals surface area contributed by atoms with Crippen LogP contribution >= 0.6 is 11.3 Å². The van der Waals surface area contributed by atoms with Crippen molar-refractivity contribution in [1.29, 1.82) is 0 Å². The van der Waals surface area contributed by atoms with Crippen LogP contribution in [0.3, 0.4) is 0 Å². The summed E-state index contributed by atoms with van der Waals surface area (Å²) >= 11 is 1.77. The zero-order valence-corrected chi connectivity index (χ0v) is 13.6. The lowest BCUT2D eigenvalue weighted by molar-refractivity contribution is 0.140. The smallest absolute Gasteiger partial charge is 0.231 e. The molecule has 0 N–H and O–H groups in total. The van der Waals surface area contributed by atoms with E-state index in [9.17, 15) is 0 Å². The van der Waals surface area contributed by atoms with Crippen molar-refractivity contribution in [3.63, 3.8) is 0 Å². The predicted octanol–water partition coefficient (Wildman–Crippen LogP) is 3.91. The number of nitrogens with zero attached hydrogens (tertiary/aromatic N) is 2. The molecule has 1 atom stereocenters. The maximum Gasteiger partial charge on any atom is 0.231 e. The van der Waals surface area contributed by atoms with E-state index in [0.29, 0.717) is 12.8 Å². The predicted molar refractivity (Wildman–Crippen MR) is 86.4 cm³/mol. The average molecular weight is 316 g/mol. The molecule has 2 aliphatic rings. The summed E-state index contributed by atoms with van der Waals surface area (Å²) in [5, 5.41) is 3.33. The molecule has 2 aromatic rings. The number of rotatable bonds is 3. The second-order valence-electron chi connectivity index (χ2n) is 5.98. The van der Waals surface area contributed by atoms with Crippen molar-refractivity contribution >= 4 is 11.3 Å². The van der Waals surface area contributed by atoms with Gasteiger partial charge in [-0.3, -0.25) is 4.90 Å². The van der Waals surface area contributed by atoms with Gasteiger partial charge in [0.1, 0.15) is 5.01 Å². The number of likely N-dealkylation sites (tertiary alicyclic amines) is 1. The van der Waals surface area contributed by atoms with Crippen molar-refractivity contribution in [2.24, 2.45) is 0 Å². The minimum atomic E-state index is 0.337. The van der Waals surface area contributed by atoms with Gasteiger partial charge in [-0.15, -0.1) is 11.3 Å². The molecule has 4 nitrogen and oxygen atoms in total. The van der Waals surface area contributed by atoms with Crippen LogP contribution in [0, 0.1) is 6.92 Å². The van der Waals surface area contributed by atoms with Gasteiger partial charge in [0.15, 0.2) is 11.5 Å². The molecular formula is C17H20N2O2S. The van der Waals surface area contributed by atoms with Crippen LogP contribution in [0.2, 0.25) is 0 Å². The molecule has 0 spiro atoms. The molecule has 1 aromatic heterocycles. The van der Waals surface area contributed by atoms with E-state index >= 15 is 0 Å². The Morgan fingerprint density at radius 2 is 2.14 bits per heavy atom. The van der Waals surface area contributed by atoms with Gasteiger partial charge in [-0.1, -0.05) is 6.42 Å². The standard InChI is InChI=1S/C17H20N2O2S/c1-12-8-15-16(21-11-20-15)9-13(12)10-19-6-3-2-4-14(19)17-18-5-7-22-17/h5,7-9,14H,2-4,6,10-11H2,1H3/t14-/m0/s1. The molecule has 4 rings (SSSR count). The van der Waals surface area contributed by atoms with Gasteiger partial charge in [0.05, 0.1) is 6.04 Å². The van der Waals surface area contributed by atoms with Gasteiger partial charge in [-0.25, -0.2) is 4.98 Å². The minimum absolute atomic E-state index is 0.337. The summed E-state index contributed by atoms with van der Waals surface area (Å²) < 4.78 is 11.0. The fraction of sp³-hybridized carbons (Fsp3) is 0.471. The van der Waals surface area contributed by atoms with Crippen molar-refractivity contribution < 1.29 is 9.47 Å². The quantitative estimate of drug-likeness (QED) is 0.860. The Balaban J connectivity index is 1.59. The summed E-state index contributed by atoms with van der Waals surface area (Å²) in [5.41, 5.74) is 2.60. The number of ether oxygens (including phenoxy) is 2. The Labute approximate surface area is 134 Å². The van der Waals surface area contributed by atoms with Gasteiger partial charge in [-0.2, -0.15) is 0 Å². The Morgan fingerprint density at radius 1 is 1.27 bits per heavy atom. The number of piperidine rings is 1. The zero-order chi connectivity index (χ0) is 14.9. The molecule has 0 amide bonds. The van der Waals surface area contributed by atoms with Crippen molar-refractivity contribution in [1.82, 2.24) is 9.88 Å². The average Bonchev–Trinajstić information content (AvgIpc) is 3.19. The van der Waals surface area contributed by atoms with Crippen molar-refractivity contribution in [3.8, 4) is 11.5 Å². The fourth-order valence-corrected chi connectivity index (χ4v) is 4.14. The maximum absolute atomic E-state index is 5.53. The molecule has 3 heterocycles. The highest BCUT2D eigenvalue weighted by molar-refractivity contribution is 7.09. The van der Waals surface area contributed by atoms with E-state index in [1.165, 1.54) is 35.4 Å². The molecular weight excluding hydrogens is 296 g/mol. The minimum Gasteiger partial charge on any atom is -0.454 e. The fourth-order valence-electron chi connectivity index (χ4n) is 3.33. The van der Waals surface area contributed by atoms with E-state index in [1.807, 2.05) is 6.20 Å². The van der Waals surface area contributed by atoms with Gasteiger partial charge in [0.25, 0.3) is 0 Å². The summed E-state index contributed by atoms with van der Waals surface area (Å²) in [6, 6.07) is 4.70. The Kier molecular flexibility index (Phi) is 3.76. The van der Waals surface area contributed by atoms with Crippen LogP contribution in [0.25, 0.3) is 0 Å². The highest BCUT2D eigenvalue weighted by atomic mass is 32.1. The first-order valence-electron chi connectivity index (χ1n) is 7.84. The summed E-state index contributed by atoms with van der Waals surface area (Å²) in [4.78, 5) is 7.11. The van der Waals surface area contributed by atoms with Crippen LogP contribution in [0.4, 0.5) is 0 Å². The Morgan fingerprint density at radius 3 is 2.95 bits per heavy atom. The summed E-state index contributed by atoms with van der Waals surface area (Å²) in [7, 11) is 0. The number of thiazole rings is 1. The normalized spacial score (nSPS) is 21.2. The first-order chi connectivity index (χ1) is 10.8. The monoisotopic (exact) mass is 316 g/mol. The second-order valence-corrected chi connectivity index (χ2v) is 6.91. The van der Waals surface area contributed by atoms with Gasteiger partial charge in [-0.05, 0) is 49.6 Å². The molecule has 0 aliphatic carbocycles. The SMILES string of the molecule is Cc1cc2c(cc1CN1CCCC[C@H]1c1nccs1)OCO2. The zero-order valence-electron chi connectivity index (χ0n) is 12.7. The van der Waals surface area contributed by atoms with Crippen LogP contribution in [0.15, 0.2) is 23.7 Å². The Bertz CT molecular complexity index is 657. The number of benzene rings is 1. The van der Waals surface area contributed by atoms with Crippen LogP contribution < -0.4 is 9.47 Å². The van der Waals surface area contributed by atoms with Gasteiger partial charge >= 0.3 is 0 Å². The summed E-state index contributed by atoms with van der Waals surface area (Å²) in [5.74, 6) is 1.75. The molecule has 0 saturated carbocycles. The van der Waals surface area contributed by atoms with E-state index in [2.05, 4.69) is 34.3 Å². The van der Waals surface area contributed by atoms with E-state index in [4.69, 9.17) is 9.47 Å². The molecule has 0 radical (unpaired) electrons. The van der Waals surface area contributed by atoms with Crippen LogP contribution in [-0.4, -0.2) is 23.2 Å². The molecule has 1 saturated heterocycles. The number of fused-ring (bicyclic) bond motifs is 1. The lowest BCUT2D eigenvalue weighted by Gasteiger charge is -2.34. The maximum atomic E-state index is 5.53.